The van der Waals surface area contributed by atoms with Gasteiger partial charge >= 0.3 is 9.84 Å². The van der Waals surface area contributed by atoms with Gasteiger partial charge in [-0.1, -0.05) is 0 Å². The molecular weight excluding hydrogens is 160 g/mol. The molecule has 0 heterocycles. The molecule has 5 heteroatoms. The van der Waals surface area contributed by atoms with Crippen LogP contribution in [0.4, 0.5) is 0 Å². The summed E-state index contributed by atoms with van der Waals surface area (Å²) in [5.74, 6) is -0.0622. The molecule has 2 radical (unpaired) electrons. The lowest BCUT2D eigenvalue weighted by Gasteiger charge is -2.19. The van der Waals surface area contributed by atoms with Gasteiger partial charge in [-0.3, -0.25) is 9.59 Å². The van der Waals surface area contributed by atoms with Crippen LogP contribution in [0.15, 0.2) is 0 Å². The van der Waals surface area contributed by atoms with E-state index in [1.165, 1.54) is 23.0 Å². The van der Waals surface area contributed by atoms with Crippen LogP contribution in [0, 0.1) is 0 Å². The largest absolute Gasteiger partial charge is 0.354 e. The lowest BCUT2D eigenvalue weighted by molar-refractivity contribution is -0.125. The average molecular weight is 172 g/mol. The molecule has 2 amide bonds. The van der Waals surface area contributed by atoms with Crippen LogP contribution in [-0.4, -0.2) is 44.9 Å². The predicted molar refractivity (Wildman–Crippen MR) is 42.6 cm³/mol. The second-order valence-corrected chi connectivity index (χ2v) is 3.80. The Hall–Kier alpha value is -0.843. The topological polar surface area (TPSA) is 40.6 Å². The molecule has 62 valence electrons. The summed E-state index contributed by atoms with van der Waals surface area (Å²) >= 11 is 0. The van der Waals surface area contributed by atoms with Gasteiger partial charge in [-0.05, 0) is 0 Å². The van der Waals surface area contributed by atoms with Crippen LogP contribution in [-0.2, 0) is 9.59 Å². The first-order valence-corrected chi connectivity index (χ1v) is 4.09. The molecule has 0 N–H and O–H groups in total. The molecule has 0 rings (SSSR count). The third-order valence-corrected chi connectivity index (χ3v) is 2.47. The van der Waals surface area contributed by atoms with Crippen molar-refractivity contribution >= 4 is 21.7 Å². The molecule has 0 saturated carbocycles. The molecule has 0 aliphatic heterocycles. The number of carbonyl (C=O) groups excluding carboxylic acids is 2. The van der Waals surface area contributed by atoms with Crippen molar-refractivity contribution in [1.82, 2.24) is 9.13 Å². The molecule has 0 spiro atoms. The Morgan fingerprint density at radius 1 is 1.00 bits per heavy atom. The minimum absolute atomic E-state index is 0.0311. The molecule has 4 nitrogen and oxygen atoms in total. The Morgan fingerprint density at radius 3 is 1.45 bits per heavy atom. The van der Waals surface area contributed by atoms with Crippen molar-refractivity contribution < 1.29 is 9.59 Å². The first kappa shape index (κ1) is 10.2. The second kappa shape index (κ2) is 4.12. The molecular formula is C6H12N2O2Si. The number of amides is 2. The Balaban J connectivity index is 3.84. The molecule has 0 aromatic carbocycles. The van der Waals surface area contributed by atoms with E-state index in [-0.39, 0.29) is 21.7 Å². The van der Waals surface area contributed by atoms with Crippen LogP contribution >= 0.6 is 0 Å². The van der Waals surface area contributed by atoms with Crippen molar-refractivity contribution in [2.24, 2.45) is 0 Å². The highest BCUT2D eigenvalue weighted by Crippen LogP contribution is 1.85. The van der Waals surface area contributed by atoms with Crippen LogP contribution in [0.5, 0.6) is 0 Å². The molecule has 0 atom stereocenters. The van der Waals surface area contributed by atoms with Gasteiger partial charge in [0.25, 0.3) is 0 Å². The summed E-state index contributed by atoms with van der Waals surface area (Å²) in [7, 11) is 3.44. The highest BCUT2D eigenvalue weighted by atomic mass is 28.2. The molecule has 0 fully saturated rings. The summed E-state index contributed by atoms with van der Waals surface area (Å²) in [5, 5.41) is 0. The van der Waals surface area contributed by atoms with E-state index in [1.807, 2.05) is 0 Å². The van der Waals surface area contributed by atoms with Crippen molar-refractivity contribution in [2.45, 2.75) is 13.8 Å². The Morgan fingerprint density at radius 2 is 1.27 bits per heavy atom. The van der Waals surface area contributed by atoms with Gasteiger partial charge in [-0.25, -0.2) is 0 Å². The number of rotatable bonds is 2. The zero-order chi connectivity index (χ0) is 9.02. The van der Waals surface area contributed by atoms with Gasteiger partial charge in [0.05, 0.1) is 0 Å². The first-order chi connectivity index (χ1) is 4.95. The predicted octanol–water partition coefficient (Wildman–Crippen LogP) is -0.523. The average Bonchev–Trinajstić information content (AvgIpc) is 1.87. The lowest BCUT2D eigenvalue weighted by Crippen LogP contribution is -2.41. The SMILES string of the molecule is CC(=O)N(C)[Si]N(C)C(C)=O. The smallest absolute Gasteiger partial charge is 0.336 e. The Labute approximate surface area is 69.1 Å². The van der Waals surface area contributed by atoms with Crippen molar-refractivity contribution in [2.75, 3.05) is 14.1 Å². The van der Waals surface area contributed by atoms with Gasteiger partial charge in [-0.15, -0.1) is 0 Å². The summed E-state index contributed by atoms with van der Waals surface area (Å²) in [4.78, 5) is 21.4. The van der Waals surface area contributed by atoms with Crippen LogP contribution in [0.25, 0.3) is 0 Å². The van der Waals surface area contributed by atoms with E-state index in [4.69, 9.17) is 0 Å². The normalized spacial score (nSPS) is 9.09. The highest BCUT2D eigenvalue weighted by Gasteiger charge is 2.10. The van der Waals surface area contributed by atoms with Crippen LogP contribution in [0.3, 0.4) is 0 Å². The van der Waals surface area contributed by atoms with E-state index in [2.05, 4.69) is 0 Å². The Bertz CT molecular complexity index is 154. The molecule has 0 aromatic rings. The van der Waals surface area contributed by atoms with E-state index in [1.54, 1.807) is 14.1 Å². The van der Waals surface area contributed by atoms with Gasteiger partial charge in [0.15, 0.2) is 0 Å². The van der Waals surface area contributed by atoms with E-state index >= 15 is 0 Å². The van der Waals surface area contributed by atoms with Crippen molar-refractivity contribution in [3.63, 3.8) is 0 Å². The van der Waals surface area contributed by atoms with Gasteiger partial charge in [-0.2, -0.15) is 0 Å². The fourth-order valence-corrected chi connectivity index (χ4v) is 1.10. The standard InChI is InChI=1S/C6H12N2O2Si/c1-5(9)7(3)11-8(4)6(2)10/h1-4H3. The lowest BCUT2D eigenvalue weighted by atomic mass is 10.7. The number of carbonyl (C=O) groups is 2. The maximum atomic E-state index is 10.7. The fraction of sp³-hybridized carbons (Fsp3) is 0.667. The van der Waals surface area contributed by atoms with Crippen LogP contribution in [0.1, 0.15) is 13.8 Å². The zero-order valence-corrected chi connectivity index (χ0v) is 8.21. The maximum Gasteiger partial charge on any atom is 0.336 e. The van der Waals surface area contributed by atoms with E-state index in [0.717, 1.165) is 0 Å². The van der Waals surface area contributed by atoms with Gasteiger partial charge in [0.2, 0.25) is 11.8 Å². The number of hydrogen-bond acceptors (Lipinski definition) is 2. The molecule has 0 aliphatic rings. The summed E-state index contributed by atoms with van der Waals surface area (Å²) in [6, 6.07) is 0. The fourth-order valence-electron chi connectivity index (χ4n) is 0.366. The third kappa shape index (κ3) is 3.77. The van der Waals surface area contributed by atoms with Gasteiger partial charge in [0.1, 0.15) is 0 Å². The van der Waals surface area contributed by atoms with Crippen molar-refractivity contribution in [3.05, 3.63) is 0 Å². The minimum Gasteiger partial charge on any atom is -0.354 e. The minimum atomic E-state index is -0.0311. The van der Waals surface area contributed by atoms with E-state index < -0.39 is 0 Å². The van der Waals surface area contributed by atoms with Crippen molar-refractivity contribution in [1.29, 1.82) is 0 Å². The zero-order valence-electron chi connectivity index (χ0n) is 7.21. The first-order valence-electron chi connectivity index (χ1n) is 3.20. The van der Waals surface area contributed by atoms with E-state index in [0.29, 0.717) is 0 Å². The van der Waals surface area contributed by atoms with Gasteiger partial charge in [0, 0.05) is 27.9 Å². The van der Waals surface area contributed by atoms with Crippen LogP contribution in [0.2, 0.25) is 0 Å². The number of hydrogen-bond donors (Lipinski definition) is 0. The number of nitrogens with zero attached hydrogens (tertiary/aromatic N) is 2. The molecule has 0 bridgehead atoms. The summed E-state index contributed by atoms with van der Waals surface area (Å²) in [6.45, 7) is 2.95. The monoisotopic (exact) mass is 172 g/mol. The maximum absolute atomic E-state index is 10.7. The second-order valence-electron chi connectivity index (χ2n) is 2.26. The molecule has 0 aliphatic carbocycles. The van der Waals surface area contributed by atoms with Gasteiger partial charge < -0.3 is 9.13 Å². The Kier molecular flexibility index (Phi) is 3.81. The summed E-state index contributed by atoms with van der Waals surface area (Å²) in [5.41, 5.74) is 0. The molecule has 0 saturated heterocycles. The van der Waals surface area contributed by atoms with Crippen molar-refractivity contribution in [3.8, 4) is 0 Å². The quantitative estimate of drug-likeness (QED) is 0.526. The molecule has 0 aromatic heterocycles. The molecule has 11 heavy (non-hydrogen) atoms. The van der Waals surface area contributed by atoms with Crippen LogP contribution < -0.4 is 0 Å². The highest BCUT2D eigenvalue weighted by molar-refractivity contribution is 6.37. The third-order valence-electron chi connectivity index (χ3n) is 1.24. The molecule has 0 unspecified atom stereocenters. The summed E-state index contributed by atoms with van der Waals surface area (Å²) in [6.07, 6.45) is 0. The summed E-state index contributed by atoms with van der Waals surface area (Å²) < 4.78 is 3.00. The van der Waals surface area contributed by atoms with E-state index in [9.17, 15) is 9.59 Å².